The summed E-state index contributed by atoms with van der Waals surface area (Å²) in [7, 11) is 0. The van der Waals surface area contributed by atoms with E-state index in [4.69, 9.17) is 0 Å². The first kappa shape index (κ1) is 10.3. The summed E-state index contributed by atoms with van der Waals surface area (Å²) in [6.07, 6.45) is 1.97. The Labute approximate surface area is 79.6 Å². The van der Waals surface area contributed by atoms with Crippen LogP contribution in [0.15, 0.2) is 12.3 Å². The van der Waals surface area contributed by atoms with Crippen molar-refractivity contribution in [2.24, 2.45) is 0 Å². The monoisotopic (exact) mass is 183 g/mol. The second-order valence-electron chi connectivity index (χ2n) is 4.45. The van der Waals surface area contributed by atoms with Crippen molar-refractivity contribution < 1.29 is 4.39 Å². The lowest BCUT2D eigenvalue weighted by molar-refractivity contribution is 0.441. The van der Waals surface area contributed by atoms with Gasteiger partial charge in [0.2, 0.25) is 0 Å². The molecule has 0 bridgehead atoms. The highest BCUT2D eigenvalue weighted by atomic mass is 19.1. The van der Waals surface area contributed by atoms with E-state index in [1.54, 1.807) is 0 Å². The van der Waals surface area contributed by atoms with Gasteiger partial charge in [0.15, 0.2) is 0 Å². The molecule has 2 heteroatoms. The van der Waals surface area contributed by atoms with Crippen LogP contribution in [0.2, 0.25) is 0 Å². The van der Waals surface area contributed by atoms with E-state index in [2.05, 4.69) is 33.8 Å². The third-order valence-corrected chi connectivity index (χ3v) is 2.38. The molecule has 0 saturated carbocycles. The largest absolute Gasteiger partial charge is 0.349 e. The fourth-order valence-corrected chi connectivity index (χ4v) is 1.68. The molecule has 1 aromatic rings. The van der Waals surface area contributed by atoms with Crippen molar-refractivity contribution in [2.75, 3.05) is 6.67 Å². The average molecular weight is 183 g/mol. The molecule has 0 spiro atoms. The maximum atomic E-state index is 12.1. The minimum Gasteiger partial charge on any atom is -0.349 e. The summed E-state index contributed by atoms with van der Waals surface area (Å²) in [4.78, 5) is 0. The lowest BCUT2D eigenvalue weighted by Crippen LogP contribution is -2.13. The summed E-state index contributed by atoms with van der Waals surface area (Å²) in [5.41, 5.74) is 2.65. The van der Waals surface area contributed by atoms with Crippen molar-refractivity contribution in [3.63, 3.8) is 0 Å². The Morgan fingerprint density at radius 2 is 2.00 bits per heavy atom. The van der Waals surface area contributed by atoms with Gasteiger partial charge in [0.25, 0.3) is 0 Å². The van der Waals surface area contributed by atoms with E-state index in [9.17, 15) is 4.39 Å². The first-order chi connectivity index (χ1) is 5.96. The molecule has 1 rings (SSSR count). The molecule has 0 aromatic carbocycles. The summed E-state index contributed by atoms with van der Waals surface area (Å²) in [6.45, 7) is 8.76. The molecular formula is C11H18FN. The van der Waals surface area contributed by atoms with Gasteiger partial charge in [-0.1, -0.05) is 20.8 Å². The Bertz CT molecular complexity index is 281. The van der Waals surface area contributed by atoms with Gasteiger partial charge in [0, 0.05) is 11.9 Å². The number of hydrogen-bond donors (Lipinski definition) is 0. The van der Waals surface area contributed by atoms with Crippen molar-refractivity contribution in [2.45, 2.75) is 39.7 Å². The molecule has 0 unspecified atom stereocenters. The van der Waals surface area contributed by atoms with Gasteiger partial charge in [0.1, 0.15) is 6.67 Å². The molecule has 0 atom stereocenters. The van der Waals surface area contributed by atoms with Crippen LogP contribution in [-0.2, 0) is 12.0 Å². The highest BCUT2D eigenvalue weighted by Gasteiger charge is 2.18. The maximum absolute atomic E-state index is 12.1. The Hall–Kier alpha value is -0.790. The normalized spacial score (nSPS) is 12.1. The molecule has 1 aromatic heterocycles. The molecule has 74 valence electrons. The summed E-state index contributed by atoms with van der Waals surface area (Å²) in [5, 5.41) is 0. The summed E-state index contributed by atoms with van der Waals surface area (Å²) >= 11 is 0. The van der Waals surface area contributed by atoms with Crippen molar-refractivity contribution in [3.8, 4) is 0 Å². The van der Waals surface area contributed by atoms with Gasteiger partial charge in [-0.25, -0.2) is 4.39 Å². The molecular weight excluding hydrogens is 165 g/mol. The number of aromatic nitrogens is 1. The quantitative estimate of drug-likeness (QED) is 0.664. The van der Waals surface area contributed by atoms with E-state index in [1.807, 2.05) is 10.8 Å². The third kappa shape index (κ3) is 2.11. The van der Waals surface area contributed by atoms with E-state index >= 15 is 0 Å². The zero-order valence-electron chi connectivity index (χ0n) is 8.89. The molecule has 1 heterocycles. The van der Waals surface area contributed by atoms with Crippen molar-refractivity contribution >= 4 is 0 Å². The Kier molecular flexibility index (Phi) is 2.79. The van der Waals surface area contributed by atoms with Crippen LogP contribution in [0.25, 0.3) is 0 Å². The van der Waals surface area contributed by atoms with E-state index in [-0.39, 0.29) is 12.1 Å². The first-order valence-corrected chi connectivity index (χ1v) is 4.69. The van der Waals surface area contributed by atoms with E-state index < -0.39 is 0 Å². The van der Waals surface area contributed by atoms with Gasteiger partial charge in [-0.3, -0.25) is 0 Å². The van der Waals surface area contributed by atoms with Gasteiger partial charge >= 0.3 is 0 Å². The minimum absolute atomic E-state index is 0.158. The van der Waals surface area contributed by atoms with Gasteiger partial charge in [-0.05, 0) is 24.0 Å². The smallest absolute Gasteiger partial charge is 0.107 e. The molecule has 1 nitrogen and oxygen atoms in total. The van der Waals surface area contributed by atoms with Crippen molar-refractivity contribution in [3.05, 3.63) is 23.5 Å². The van der Waals surface area contributed by atoms with Crippen LogP contribution in [0.4, 0.5) is 4.39 Å². The number of alkyl halides is 1. The predicted molar refractivity (Wildman–Crippen MR) is 53.8 cm³/mol. The number of halogens is 1. The van der Waals surface area contributed by atoms with Gasteiger partial charge < -0.3 is 4.57 Å². The molecule has 0 N–H and O–H groups in total. The number of rotatable bonds is 2. The molecule has 0 radical (unpaired) electrons. The number of aryl methyl sites for hydroxylation is 1. The highest BCUT2D eigenvalue weighted by Crippen LogP contribution is 2.26. The van der Waals surface area contributed by atoms with Crippen LogP contribution in [-0.4, -0.2) is 11.2 Å². The van der Waals surface area contributed by atoms with E-state index in [1.165, 1.54) is 11.3 Å². The zero-order valence-corrected chi connectivity index (χ0v) is 8.89. The third-order valence-electron chi connectivity index (χ3n) is 2.38. The lowest BCUT2D eigenvalue weighted by atomic mass is 9.87. The lowest BCUT2D eigenvalue weighted by Gasteiger charge is -2.19. The first-order valence-electron chi connectivity index (χ1n) is 4.69. The van der Waals surface area contributed by atoms with Crippen molar-refractivity contribution in [1.82, 2.24) is 4.57 Å². The Morgan fingerprint density at radius 3 is 2.38 bits per heavy atom. The summed E-state index contributed by atoms with van der Waals surface area (Å²) < 4.78 is 14.1. The van der Waals surface area contributed by atoms with Crippen LogP contribution in [0, 0.1) is 6.92 Å². The molecule has 13 heavy (non-hydrogen) atoms. The minimum atomic E-state index is -0.293. The highest BCUT2D eigenvalue weighted by molar-refractivity contribution is 5.28. The second-order valence-corrected chi connectivity index (χ2v) is 4.45. The van der Waals surface area contributed by atoms with Gasteiger partial charge in [0.05, 0.1) is 6.54 Å². The predicted octanol–water partition coefficient (Wildman–Crippen LogP) is 3.06. The fourth-order valence-electron chi connectivity index (χ4n) is 1.68. The van der Waals surface area contributed by atoms with E-state index in [0.29, 0.717) is 6.54 Å². The Morgan fingerprint density at radius 1 is 1.38 bits per heavy atom. The zero-order chi connectivity index (χ0) is 10.1. The van der Waals surface area contributed by atoms with Gasteiger partial charge in [-0.2, -0.15) is 0 Å². The number of hydrogen-bond acceptors (Lipinski definition) is 0. The molecule has 0 fully saturated rings. The van der Waals surface area contributed by atoms with E-state index in [0.717, 1.165) is 0 Å². The van der Waals surface area contributed by atoms with Crippen LogP contribution >= 0.6 is 0 Å². The van der Waals surface area contributed by atoms with Crippen LogP contribution in [0.5, 0.6) is 0 Å². The topological polar surface area (TPSA) is 4.93 Å². The molecule has 0 aliphatic carbocycles. The standard InChI is InChI=1S/C11H18FN/c1-9-10(11(2,3)4)5-7-13(9)8-6-12/h5,7H,6,8H2,1-4H3. The molecule has 0 saturated heterocycles. The Balaban J connectivity index is 2.99. The maximum Gasteiger partial charge on any atom is 0.107 e. The molecule has 0 aliphatic rings. The molecule has 0 aliphatic heterocycles. The van der Waals surface area contributed by atoms with Crippen LogP contribution in [0.1, 0.15) is 32.0 Å². The van der Waals surface area contributed by atoms with Gasteiger partial charge in [-0.15, -0.1) is 0 Å². The van der Waals surface area contributed by atoms with Crippen molar-refractivity contribution in [1.29, 1.82) is 0 Å². The second kappa shape index (κ2) is 3.52. The molecule has 0 amide bonds. The van der Waals surface area contributed by atoms with Crippen LogP contribution < -0.4 is 0 Å². The fraction of sp³-hybridized carbons (Fsp3) is 0.636. The number of nitrogens with zero attached hydrogens (tertiary/aromatic N) is 1. The summed E-state index contributed by atoms with van der Waals surface area (Å²) in [5.74, 6) is 0. The van der Waals surface area contributed by atoms with Crippen LogP contribution in [0.3, 0.4) is 0 Å². The summed E-state index contributed by atoms with van der Waals surface area (Å²) in [6, 6.07) is 2.09. The SMILES string of the molecule is Cc1c(C(C)(C)C)ccn1CCF. The average Bonchev–Trinajstić information content (AvgIpc) is 2.32.